The molecule has 0 unspecified atom stereocenters. The van der Waals surface area contributed by atoms with E-state index < -0.39 is 22.0 Å². The molecule has 1 saturated carbocycles. The van der Waals surface area contributed by atoms with Crippen LogP contribution in [0.4, 0.5) is 15.8 Å². The second-order valence-corrected chi connectivity index (χ2v) is 9.54. The zero-order valence-corrected chi connectivity index (χ0v) is 18.5. The maximum Gasteiger partial charge on any atom is 0.265 e. The third-order valence-electron chi connectivity index (χ3n) is 4.97. The van der Waals surface area contributed by atoms with E-state index in [1.807, 2.05) is 0 Å². The van der Waals surface area contributed by atoms with Gasteiger partial charge in [0, 0.05) is 17.4 Å². The molecule has 0 saturated heterocycles. The summed E-state index contributed by atoms with van der Waals surface area (Å²) in [5.74, 6) is -1.02. The Labute approximate surface area is 181 Å². The first-order valence-electron chi connectivity index (χ1n) is 10.2. The molecule has 7 nitrogen and oxygen atoms in total. The van der Waals surface area contributed by atoms with E-state index in [0.29, 0.717) is 11.3 Å². The van der Waals surface area contributed by atoms with Gasteiger partial charge in [-0.3, -0.25) is 9.52 Å². The van der Waals surface area contributed by atoms with Gasteiger partial charge >= 0.3 is 0 Å². The van der Waals surface area contributed by atoms with Gasteiger partial charge in [-0.2, -0.15) is 0 Å². The van der Waals surface area contributed by atoms with Gasteiger partial charge in [0.05, 0.1) is 6.61 Å². The number of benzene rings is 2. The van der Waals surface area contributed by atoms with Gasteiger partial charge in [0.1, 0.15) is 22.6 Å². The molecule has 3 N–H and O–H groups in total. The second-order valence-electron chi connectivity index (χ2n) is 7.89. The van der Waals surface area contributed by atoms with E-state index in [1.165, 1.54) is 36.4 Å². The molecule has 2 aromatic carbocycles. The van der Waals surface area contributed by atoms with E-state index in [4.69, 9.17) is 4.74 Å². The predicted octanol–water partition coefficient (Wildman–Crippen LogP) is 3.86. The molecule has 9 heteroatoms. The van der Waals surface area contributed by atoms with Crippen molar-refractivity contribution in [2.45, 2.75) is 50.5 Å². The van der Waals surface area contributed by atoms with Crippen molar-refractivity contribution in [2.24, 2.45) is 5.92 Å². The highest BCUT2D eigenvalue weighted by Gasteiger charge is 2.28. The van der Waals surface area contributed by atoms with Crippen LogP contribution in [0.2, 0.25) is 0 Å². The van der Waals surface area contributed by atoms with Gasteiger partial charge in [0.2, 0.25) is 0 Å². The number of sulfonamides is 1. The summed E-state index contributed by atoms with van der Waals surface area (Å²) in [6.07, 6.45) is 0.584. The van der Waals surface area contributed by atoms with Gasteiger partial charge in [-0.15, -0.1) is 0 Å². The fourth-order valence-electron chi connectivity index (χ4n) is 3.12. The Hall–Kier alpha value is -2.65. The van der Waals surface area contributed by atoms with Gasteiger partial charge in [-0.25, -0.2) is 12.8 Å². The van der Waals surface area contributed by atoms with Crippen molar-refractivity contribution in [3.63, 3.8) is 0 Å². The van der Waals surface area contributed by atoms with Crippen molar-refractivity contribution in [2.75, 3.05) is 16.6 Å². The first kappa shape index (κ1) is 23.0. The molecule has 0 bridgehead atoms. The molecule has 0 aliphatic heterocycles. The average Bonchev–Trinajstić information content (AvgIpc) is 3.54. The zero-order chi connectivity index (χ0) is 22.8. The summed E-state index contributed by atoms with van der Waals surface area (Å²) in [5, 5.41) is 12.4. The Morgan fingerprint density at radius 3 is 2.48 bits per heavy atom. The van der Waals surface area contributed by atoms with Gasteiger partial charge in [-0.05, 0) is 67.5 Å². The molecular formula is C22H27FN2O5S. The van der Waals surface area contributed by atoms with Crippen molar-refractivity contribution in [1.29, 1.82) is 0 Å². The van der Waals surface area contributed by atoms with Crippen molar-refractivity contribution < 1.29 is 27.4 Å². The number of aliphatic hydroxyl groups excluding tert-OH is 1. The van der Waals surface area contributed by atoms with Crippen LogP contribution in [0, 0.1) is 11.7 Å². The number of amides is 1. The Kier molecular flexibility index (Phi) is 6.86. The lowest BCUT2D eigenvalue weighted by Gasteiger charge is -2.17. The topological polar surface area (TPSA) is 105 Å². The molecule has 2 aromatic rings. The summed E-state index contributed by atoms with van der Waals surface area (Å²) >= 11 is 0. The number of hydrogen-bond donors (Lipinski definition) is 3. The Morgan fingerprint density at radius 2 is 1.87 bits per heavy atom. The summed E-state index contributed by atoms with van der Waals surface area (Å²) in [7, 11) is -4.04. The first-order chi connectivity index (χ1) is 14.6. The minimum Gasteiger partial charge on any atom is -0.492 e. The molecule has 1 fully saturated rings. The molecular weight excluding hydrogens is 423 g/mol. The number of hydrogen-bond acceptors (Lipinski definition) is 5. The van der Waals surface area contributed by atoms with E-state index in [-0.39, 0.29) is 40.6 Å². The third kappa shape index (κ3) is 5.54. The summed E-state index contributed by atoms with van der Waals surface area (Å²) in [6.45, 7) is 5.33. The lowest BCUT2D eigenvalue weighted by Crippen LogP contribution is -2.31. The normalized spacial score (nSPS) is 14.9. The van der Waals surface area contributed by atoms with Crippen LogP contribution in [0.25, 0.3) is 0 Å². The van der Waals surface area contributed by atoms with Crippen LogP contribution in [-0.2, 0) is 14.8 Å². The Balaban J connectivity index is 1.86. The Bertz CT molecular complexity index is 1070. The minimum atomic E-state index is -4.04. The number of anilines is 2. The third-order valence-corrected chi connectivity index (χ3v) is 6.39. The number of ether oxygens (including phenoxy) is 1. The molecule has 168 valence electrons. The zero-order valence-electron chi connectivity index (χ0n) is 17.7. The highest BCUT2D eigenvalue weighted by atomic mass is 32.2. The maximum absolute atomic E-state index is 14.0. The number of rotatable bonds is 9. The SMILES string of the molecule is CCOc1cc(NC(=O)[C@@H](O)C(C)C)ccc1S(=O)(=O)Nc1ccc(F)c(C2CC2)c1. The summed E-state index contributed by atoms with van der Waals surface area (Å²) in [6, 6.07) is 8.28. The van der Waals surface area contributed by atoms with Crippen LogP contribution >= 0.6 is 0 Å². The van der Waals surface area contributed by atoms with Gasteiger partial charge < -0.3 is 15.2 Å². The quantitative estimate of drug-likeness (QED) is 0.538. The molecule has 0 radical (unpaired) electrons. The minimum absolute atomic E-state index is 0.0522. The molecule has 0 spiro atoms. The fourth-order valence-corrected chi connectivity index (χ4v) is 4.30. The second kappa shape index (κ2) is 9.23. The number of carbonyl (C=O) groups excluding carboxylic acids is 1. The fraction of sp³-hybridized carbons (Fsp3) is 0.409. The number of aliphatic hydroxyl groups is 1. The van der Waals surface area contributed by atoms with Crippen LogP contribution < -0.4 is 14.8 Å². The van der Waals surface area contributed by atoms with E-state index in [1.54, 1.807) is 20.8 Å². The van der Waals surface area contributed by atoms with Crippen LogP contribution in [0.15, 0.2) is 41.3 Å². The molecule has 31 heavy (non-hydrogen) atoms. The maximum atomic E-state index is 14.0. The van der Waals surface area contributed by atoms with E-state index >= 15 is 0 Å². The smallest absolute Gasteiger partial charge is 0.265 e. The highest BCUT2D eigenvalue weighted by molar-refractivity contribution is 7.92. The molecule has 0 aromatic heterocycles. The summed E-state index contributed by atoms with van der Waals surface area (Å²) < 4.78 is 47.9. The molecule has 0 heterocycles. The standard InChI is InChI=1S/C22H27FN2O5S/c1-4-30-19-12-15(24-22(27)21(26)13(2)3)8-10-20(19)31(28,29)25-16-7-9-18(23)17(11-16)14-5-6-14/h7-14,21,25-26H,4-6H2,1-3H3,(H,24,27)/t21-/m0/s1. The number of halogens is 1. The van der Waals surface area contributed by atoms with Gasteiger partial charge in [0.15, 0.2) is 0 Å². The summed E-state index contributed by atoms with van der Waals surface area (Å²) in [5.41, 5.74) is 1.07. The van der Waals surface area contributed by atoms with E-state index in [2.05, 4.69) is 10.0 Å². The molecule has 1 aliphatic carbocycles. The number of nitrogens with one attached hydrogen (secondary N) is 2. The largest absolute Gasteiger partial charge is 0.492 e. The highest BCUT2D eigenvalue weighted by Crippen LogP contribution is 2.42. The Morgan fingerprint density at radius 1 is 1.19 bits per heavy atom. The van der Waals surface area contributed by atoms with E-state index in [0.717, 1.165) is 12.8 Å². The monoisotopic (exact) mass is 450 g/mol. The van der Waals surface area contributed by atoms with Crippen LogP contribution in [0.1, 0.15) is 45.1 Å². The summed E-state index contributed by atoms with van der Waals surface area (Å²) in [4.78, 5) is 12.0. The average molecular weight is 451 g/mol. The van der Waals surface area contributed by atoms with Crippen LogP contribution in [0.3, 0.4) is 0 Å². The van der Waals surface area contributed by atoms with E-state index in [9.17, 15) is 22.7 Å². The van der Waals surface area contributed by atoms with Crippen molar-refractivity contribution in [1.82, 2.24) is 0 Å². The number of carbonyl (C=O) groups is 1. The molecule has 1 aliphatic rings. The first-order valence-corrected chi connectivity index (χ1v) is 11.7. The van der Waals surface area contributed by atoms with Crippen molar-refractivity contribution in [3.05, 3.63) is 47.8 Å². The molecule has 3 rings (SSSR count). The predicted molar refractivity (Wildman–Crippen MR) is 116 cm³/mol. The lowest BCUT2D eigenvalue weighted by molar-refractivity contribution is -0.125. The lowest BCUT2D eigenvalue weighted by atomic mass is 10.1. The van der Waals surface area contributed by atoms with Crippen LogP contribution in [-0.4, -0.2) is 32.1 Å². The van der Waals surface area contributed by atoms with Gasteiger partial charge in [0.25, 0.3) is 15.9 Å². The van der Waals surface area contributed by atoms with Crippen LogP contribution in [0.5, 0.6) is 5.75 Å². The van der Waals surface area contributed by atoms with Crippen molar-refractivity contribution >= 4 is 27.3 Å². The molecule has 1 amide bonds. The van der Waals surface area contributed by atoms with Gasteiger partial charge in [-0.1, -0.05) is 13.8 Å². The van der Waals surface area contributed by atoms with Crippen molar-refractivity contribution in [3.8, 4) is 5.75 Å². The molecule has 1 atom stereocenters.